The molecule has 0 spiro atoms. The molecule has 6 heteroatoms. The molecule has 1 aromatic carbocycles. The van der Waals surface area contributed by atoms with Crippen LogP contribution in [0.25, 0.3) is 0 Å². The first-order chi connectivity index (χ1) is 6.88. The van der Waals surface area contributed by atoms with Crippen molar-refractivity contribution in [1.29, 1.82) is 0 Å². The van der Waals surface area contributed by atoms with E-state index < -0.39 is 10.0 Å². The predicted octanol–water partition coefficient (Wildman–Crippen LogP) is 0.776. The molecule has 82 valence electrons. The van der Waals surface area contributed by atoms with Gasteiger partial charge in [-0.25, -0.2) is 13.1 Å². The Labute approximate surface area is 88.7 Å². The Morgan fingerprint density at radius 2 is 2.07 bits per heavy atom. The summed E-state index contributed by atoms with van der Waals surface area (Å²) >= 11 is 0. The smallest absolute Gasteiger partial charge is 0.213 e. The minimum atomic E-state index is -3.20. The fourth-order valence-electron chi connectivity index (χ4n) is 1.08. The van der Waals surface area contributed by atoms with Gasteiger partial charge in [0.05, 0.1) is 6.26 Å². The number of hydrogen-bond acceptors (Lipinski definition) is 3. The lowest BCUT2D eigenvalue weighted by Crippen LogP contribution is -2.21. The Balaban J connectivity index is 2.79. The number of sulfonamides is 1. The summed E-state index contributed by atoms with van der Waals surface area (Å²) in [5.74, 6) is 0. The fourth-order valence-corrected chi connectivity index (χ4v) is 1.51. The summed E-state index contributed by atoms with van der Waals surface area (Å²) in [6, 6.07) is 6.77. The highest BCUT2D eigenvalue weighted by Crippen LogP contribution is 2.12. The average Bonchev–Trinajstić information content (AvgIpc) is 2.14. The van der Waals surface area contributed by atoms with E-state index >= 15 is 0 Å². The lowest BCUT2D eigenvalue weighted by Gasteiger charge is -2.01. The second-order valence-corrected chi connectivity index (χ2v) is 5.09. The normalized spacial score (nSPS) is 11.3. The molecule has 0 amide bonds. The van der Waals surface area contributed by atoms with Crippen LogP contribution >= 0.6 is 0 Å². The minimum Gasteiger partial charge on any atom is -0.213 e. The van der Waals surface area contributed by atoms with Gasteiger partial charge in [0, 0.05) is 28.3 Å². The molecule has 0 fully saturated rings. The monoisotopic (exact) mass is 229 g/mol. The Hall–Kier alpha value is -1.27. The van der Waals surface area contributed by atoms with Crippen LogP contribution in [0.15, 0.2) is 24.3 Å². The Kier molecular flexibility index (Phi) is 3.54. The first-order valence-corrected chi connectivity index (χ1v) is 6.22. The average molecular weight is 229 g/mol. The van der Waals surface area contributed by atoms with Crippen molar-refractivity contribution in [3.63, 3.8) is 0 Å². The van der Waals surface area contributed by atoms with E-state index in [1.54, 1.807) is 24.3 Å². The van der Waals surface area contributed by atoms with Crippen LogP contribution in [0.4, 0.5) is 5.69 Å². The van der Waals surface area contributed by atoms with Crippen molar-refractivity contribution >= 4 is 15.7 Å². The molecule has 1 rings (SSSR count). The number of nitrogens with one attached hydrogen (secondary N) is 1. The topological polar surface area (TPSA) is 66.2 Å². The van der Waals surface area contributed by atoms with E-state index in [1.807, 2.05) is 0 Å². The summed E-state index contributed by atoms with van der Waals surface area (Å²) in [4.78, 5) is 11.0. The lowest BCUT2D eigenvalue weighted by atomic mass is 10.2. The van der Waals surface area contributed by atoms with Crippen LogP contribution < -0.4 is 4.72 Å². The van der Waals surface area contributed by atoms with E-state index in [-0.39, 0.29) is 6.54 Å². The molecule has 0 aromatic heterocycles. The van der Waals surface area contributed by atoms with E-state index in [2.05, 4.69) is 4.72 Å². The highest BCUT2D eigenvalue weighted by Gasteiger charge is 2.07. The molecule has 5 nitrogen and oxygen atoms in total. The highest BCUT2D eigenvalue weighted by atomic mass is 32.2. The van der Waals surface area contributed by atoms with Crippen molar-refractivity contribution in [3.8, 4) is 0 Å². The summed E-state index contributed by atoms with van der Waals surface area (Å²) in [7, 11) is -1.81. The molecule has 0 saturated carbocycles. The van der Waals surface area contributed by atoms with Gasteiger partial charge in [-0.2, -0.15) is 0 Å². The third-order valence-corrected chi connectivity index (χ3v) is 2.48. The quantitative estimate of drug-likeness (QED) is 0.776. The molecular formula is C9H13N2O3S+. The van der Waals surface area contributed by atoms with Gasteiger partial charge in [0.15, 0.2) is 7.05 Å². The van der Waals surface area contributed by atoms with Crippen LogP contribution in [0.5, 0.6) is 0 Å². The number of benzene rings is 1. The van der Waals surface area contributed by atoms with E-state index in [4.69, 9.17) is 0 Å². The maximum Gasteiger partial charge on any atom is 0.255 e. The van der Waals surface area contributed by atoms with Gasteiger partial charge in [0.2, 0.25) is 10.0 Å². The summed E-state index contributed by atoms with van der Waals surface area (Å²) < 4.78 is 24.8. The van der Waals surface area contributed by atoms with Gasteiger partial charge in [-0.3, -0.25) is 0 Å². The number of rotatable bonds is 4. The first-order valence-electron chi connectivity index (χ1n) is 4.33. The van der Waals surface area contributed by atoms with Crippen molar-refractivity contribution in [2.24, 2.45) is 0 Å². The molecule has 0 aliphatic heterocycles. The molecule has 15 heavy (non-hydrogen) atoms. The number of hydrogen-bond donors (Lipinski definition) is 1. The SMILES string of the molecule is C[N+](=O)c1cccc(CNS(C)(=O)=O)c1. The summed E-state index contributed by atoms with van der Waals surface area (Å²) in [6.45, 7) is 0.195. The van der Waals surface area contributed by atoms with Crippen LogP contribution in [0.1, 0.15) is 5.56 Å². The summed E-state index contributed by atoms with van der Waals surface area (Å²) in [5, 5.41) is 0. The summed E-state index contributed by atoms with van der Waals surface area (Å²) in [5.41, 5.74) is 1.25. The molecule has 0 aliphatic rings. The van der Waals surface area contributed by atoms with Gasteiger partial charge in [0.1, 0.15) is 0 Å². The maximum absolute atomic E-state index is 11.0. The zero-order valence-corrected chi connectivity index (χ0v) is 9.41. The molecule has 1 N–H and O–H groups in total. The van der Waals surface area contributed by atoms with Crippen LogP contribution in [-0.2, 0) is 16.6 Å². The van der Waals surface area contributed by atoms with Gasteiger partial charge in [-0.15, -0.1) is 0 Å². The molecule has 0 saturated heterocycles. The first kappa shape index (κ1) is 11.8. The zero-order chi connectivity index (χ0) is 11.5. The molecule has 0 heterocycles. The van der Waals surface area contributed by atoms with Crippen LogP contribution in [-0.4, -0.2) is 26.5 Å². The van der Waals surface area contributed by atoms with Gasteiger partial charge >= 0.3 is 0 Å². The van der Waals surface area contributed by atoms with Gasteiger partial charge in [-0.1, -0.05) is 12.1 Å². The van der Waals surface area contributed by atoms with E-state index in [0.717, 1.165) is 16.6 Å². The van der Waals surface area contributed by atoms with Crippen LogP contribution in [0.2, 0.25) is 0 Å². The van der Waals surface area contributed by atoms with Crippen molar-refractivity contribution in [3.05, 3.63) is 34.7 Å². The number of nitrogens with zero attached hydrogens (tertiary/aromatic N) is 1. The van der Waals surface area contributed by atoms with E-state index in [1.165, 1.54) is 7.05 Å². The van der Waals surface area contributed by atoms with Crippen LogP contribution in [0, 0.1) is 4.91 Å². The molecule has 0 bridgehead atoms. The molecule has 0 unspecified atom stereocenters. The molecule has 0 radical (unpaired) electrons. The molecular weight excluding hydrogens is 216 g/mol. The Morgan fingerprint density at radius 3 is 2.60 bits per heavy atom. The largest absolute Gasteiger partial charge is 0.255 e. The summed E-state index contributed by atoms with van der Waals surface area (Å²) in [6.07, 6.45) is 1.09. The van der Waals surface area contributed by atoms with Gasteiger partial charge < -0.3 is 0 Å². The van der Waals surface area contributed by atoms with Gasteiger partial charge in [-0.05, 0) is 5.56 Å². The van der Waals surface area contributed by atoms with Crippen molar-refractivity contribution in [2.45, 2.75) is 6.54 Å². The molecule has 0 aliphatic carbocycles. The minimum absolute atomic E-state index is 0.195. The standard InChI is InChI=1S/C9H13N2O3S/c1-11(12)9-5-3-4-8(6-9)7-10-15(2,13)14/h3-6,10H,7H2,1-2H3/q+1. The van der Waals surface area contributed by atoms with E-state index in [9.17, 15) is 13.3 Å². The van der Waals surface area contributed by atoms with Crippen molar-refractivity contribution < 1.29 is 13.2 Å². The molecule has 1 aromatic rings. The Bertz CT molecular complexity index is 468. The maximum atomic E-state index is 11.0. The van der Waals surface area contributed by atoms with E-state index in [0.29, 0.717) is 5.69 Å². The number of nitroso groups, excluding NO2 is 1. The zero-order valence-electron chi connectivity index (χ0n) is 8.60. The van der Waals surface area contributed by atoms with Crippen molar-refractivity contribution in [2.75, 3.05) is 13.3 Å². The lowest BCUT2D eigenvalue weighted by molar-refractivity contribution is -0.428. The second kappa shape index (κ2) is 4.50. The second-order valence-electron chi connectivity index (χ2n) is 3.26. The molecule has 0 atom stereocenters. The third-order valence-electron chi connectivity index (χ3n) is 1.81. The predicted molar refractivity (Wildman–Crippen MR) is 57.3 cm³/mol. The highest BCUT2D eigenvalue weighted by molar-refractivity contribution is 7.88. The Morgan fingerprint density at radius 1 is 1.40 bits per heavy atom. The van der Waals surface area contributed by atoms with Gasteiger partial charge in [0.25, 0.3) is 5.69 Å². The fraction of sp³-hybridized carbons (Fsp3) is 0.333. The van der Waals surface area contributed by atoms with Crippen LogP contribution in [0.3, 0.4) is 0 Å². The third kappa shape index (κ3) is 4.18. The van der Waals surface area contributed by atoms with Crippen molar-refractivity contribution in [1.82, 2.24) is 4.72 Å².